The lowest BCUT2D eigenvalue weighted by atomic mass is 10.00. The number of aromatic nitrogens is 2. The molecule has 94 valence electrons. The first-order chi connectivity index (χ1) is 8.20. The Balaban J connectivity index is 1.68. The standard InChI is InChI=1S/C14H23N3/c1-9-7-10(17(3)16-9)8-13(15-2)14-11-5-4-6-12(11)14/h7,11-15H,4-6,8H2,1-3H3. The van der Waals surface area contributed by atoms with Gasteiger partial charge in [-0.2, -0.15) is 5.10 Å². The third-order valence-electron chi connectivity index (χ3n) is 4.84. The first-order valence-electron chi connectivity index (χ1n) is 6.87. The van der Waals surface area contributed by atoms with E-state index in [1.54, 1.807) is 0 Å². The van der Waals surface area contributed by atoms with E-state index < -0.39 is 0 Å². The van der Waals surface area contributed by atoms with Crippen molar-refractivity contribution in [3.8, 4) is 0 Å². The normalized spacial score (nSPS) is 32.5. The summed E-state index contributed by atoms with van der Waals surface area (Å²) in [5.74, 6) is 2.99. The van der Waals surface area contributed by atoms with Gasteiger partial charge in [0.1, 0.15) is 0 Å². The highest BCUT2D eigenvalue weighted by atomic mass is 15.3. The van der Waals surface area contributed by atoms with Gasteiger partial charge in [0.05, 0.1) is 5.69 Å². The summed E-state index contributed by atoms with van der Waals surface area (Å²) in [6.45, 7) is 2.07. The molecule has 17 heavy (non-hydrogen) atoms. The number of fused-ring (bicyclic) bond motifs is 1. The number of aryl methyl sites for hydroxylation is 2. The minimum atomic E-state index is 0.653. The molecule has 0 radical (unpaired) electrons. The van der Waals surface area contributed by atoms with Crippen LogP contribution in [0.15, 0.2) is 6.07 Å². The minimum Gasteiger partial charge on any atom is -0.316 e. The fourth-order valence-electron chi connectivity index (χ4n) is 3.98. The fraction of sp³-hybridized carbons (Fsp3) is 0.786. The van der Waals surface area contributed by atoms with Crippen LogP contribution in [0.1, 0.15) is 30.7 Å². The van der Waals surface area contributed by atoms with E-state index in [0.717, 1.165) is 29.9 Å². The van der Waals surface area contributed by atoms with Gasteiger partial charge in [0, 0.05) is 25.2 Å². The number of hydrogen-bond acceptors (Lipinski definition) is 2. The van der Waals surface area contributed by atoms with E-state index >= 15 is 0 Å². The van der Waals surface area contributed by atoms with E-state index in [-0.39, 0.29) is 0 Å². The zero-order chi connectivity index (χ0) is 12.0. The van der Waals surface area contributed by atoms with Gasteiger partial charge in [0.15, 0.2) is 0 Å². The lowest BCUT2D eigenvalue weighted by Gasteiger charge is -2.18. The smallest absolute Gasteiger partial charge is 0.0596 e. The average molecular weight is 233 g/mol. The molecule has 3 nitrogen and oxygen atoms in total. The Morgan fingerprint density at radius 3 is 2.71 bits per heavy atom. The summed E-state index contributed by atoms with van der Waals surface area (Å²) in [6.07, 6.45) is 5.54. The summed E-state index contributed by atoms with van der Waals surface area (Å²) >= 11 is 0. The van der Waals surface area contributed by atoms with Crippen LogP contribution in [0.2, 0.25) is 0 Å². The highest BCUT2D eigenvalue weighted by molar-refractivity contribution is 5.14. The molecule has 0 amide bonds. The van der Waals surface area contributed by atoms with Crippen LogP contribution in [-0.2, 0) is 13.5 Å². The minimum absolute atomic E-state index is 0.653. The van der Waals surface area contributed by atoms with Gasteiger partial charge in [-0.15, -0.1) is 0 Å². The van der Waals surface area contributed by atoms with Gasteiger partial charge < -0.3 is 5.32 Å². The summed E-state index contributed by atoms with van der Waals surface area (Å²) in [6, 6.07) is 2.88. The summed E-state index contributed by atoms with van der Waals surface area (Å²) in [4.78, 5) is 0. The molecule has 2 aliphatic carbocycles. The van der Waals surface area contributed by atoms with Crippen LogP contribution >= 0.6 is 0 Å². The van der Waals surface area contributed by atoms with Crippen LogP contribution in [0.3, 0.4) is 0 Å². The van der Waals surface area contributed by atoms with Crippen molar-refractivity contribution in [2.75, 3.05) is 7.05 Å². The molecule has 3 atom stereocenters. The molecular formula is C14H23N3. The molecule has 0 bridgehead atoms. The van der Waals surface area contributed by atoms with Crippen molar-refractivity contribution in [3.63, 3.8) is 0 Å². The summed E-state index contributed by atoms with van der Waals surface area (Å²) in [7, 11) is 4.17. The topological polar surface area (TPSA) is 29.9 Å². The number of nitrogens with zero attached hydrogens (tertiary/aromatic N) is 2. The van der Waals surface area contributed by atoms with Crippen LogP contribution in [-0.4, -0.2) is 22.9 Å². The van der Waals surface area contributed by atoms with Crippen molar-refractivity contribution in [2.24, 2.45) is 24.8 Å². The van der Waals surface area contributed by atoms with Gasteiger partial charge in [-0.25, -0.2) is 0 Å². The highest BCUT2D eigenvalue weighted by Gasteiger charge is 2.55. The van der Waals surface area contributed by atoms with Gasteiger partial charge in [-0.05, 0) is 50.6 Å². The molecule has 1 N–H and O–H groups in total. The van der Waals surface area contributed by atoms with E-state index in [9.17, 15) is 0 Å². The van der Waals surface area contributed by atoms with Crippen LogP contribution in [0.5, 0.6) is 0 Å². The van der Waals surface area contributed by atoms with Gasteiger partial charge in [0.2, 0.25) is 0 Å². The molecule has 2 aliphatic rings. The van der Waals surface area contributed by atoms with E-state index in [1.807, 2.05) is 4.68 Å². The van der Waals surface area contributed by atoms with E-state index in [1.165, 1.54) is 25.0 Å². The Labute approximate surface area is 104 Å². The van der Waals surface area contributed by atoms with Crippen LogP contribution < -0.4 is 5.32 Å². The molecule has 1 aromatic rings. The molecule has 3 unspecified atom stereocenters. The van der Waals surface area contributed by atoms with Crippen molar-refractivity contribution >= 4 is 0 Å². The SMILES string of the molecule is CNC(Cc1cc(C)nn1C)C1C2CCCC21. The Hall–Kier alpha value is -0.830. The maximum atomic E-state index is 4.44. The molecule has 3 rings (SSSR count). The van der Waals surface area contributed by atoms with Crippen LogP contribution in [0.25, 0.3) is 0 Å². The van der Waals surface area contributed by atoms with E-state index in [0.29, 0.717) is 6.04 Å². The van der Waals surface area contributed by atoms with Crippen molar-refractivity contribution in [1.82, 2.24) is 15.1 Å². The van der Waals surface area contributed by atoms with Gasteiger partial charge in [0.25, 0.3) is 0 Å². The largest absolute Gasteiger partial charge is 0.316 e. The lowest BCUT2D eigenvalue weighted by Crippen LogP contribution is -2.32. The molecular weight excluding hydrogens is 210 g/mol. The van der Waals surface area contributed by atoms with Crippen molar-refractivity contribution in [2.45, 2.75) is 38.6 Å². The van der Waals surface area contributed by atoms with Gasteiger partial charge in [-0.1, -0.05) is 6.42 Å². The summed E-state index contributed by atoms with van der Waals surface area (Å²) in [5, 5.41) is 7.98. The summed E-state index contributed by atoms with van der Waals surface area (Å²) < 4.78 is 2.04. The lowest BCUT2D eigenvalue weighted by molar-refractivity contribution is 0.420. The maximum Gasteiger partial charge on any atom is 0.0596 e. The van der Waals surface area contributed by atoms with Crippen LogP contribution in [0, 0.1) is 24.7 Å². The second-order valence-electron chi connectivity index (χ2n) is 5.84. The maximum absolute atomic E-state index is 4.44. The number of rotatable bonds is 4. The van der Waals surface area contributed by atoms with Crippen molar-refractivity contribution < 1.29 is 0 Å². The number of nitrogens with one attached hydrogen (secondary N) is 1. The second kappa shape index (κ2) is 4.13. The Bertz CT molecular complexity index is 400. The molecule has 0 spiro atoms. The average Bonchev–Trinajstić information content (AvgIpc) is 2.66. The Kier molecular flexibility index (Phi) is 2.74. The molecule has 0 saturated heterocycles. The first-order valence-corrected chi connectivity index (χ1v) is 6.87. The zero-order valence-corrected chi connectivity index (χ0v) is 11.1. The molecule has 2 saturated carbocycles. The second-order valence-corrected chi connectivity index (χ2v) is 5.84. The highest BCUT2D eigenvalue weighted by Crippen LogP contribution is 2.59. The molecule has 0 aliphatic heterocycles. The van der Waals surface area contributed by atoms with Crippen molar-refractivity contribution in [1.29, 1.82) is 0 Å². The number of hydrogen-bond donors (Lipinski definition) is 1. The first kappa shape index (κ1) is 11.3. The van der Waals surface area contributed by atoms with E-state index in [4.69, 9.17) is 0 Å². The monoisotopic (exact) mass is 233 g/mol. The summed E-state index contributed by atoms with van der Waals surface area (Å²) in [5.41, 5.74) is 2.50. The molecule has 0 aromatic carbocycles. The van der Waals surface area contributed by atoms with Crippen LogP contribution in [0.4, 0.5) is 0 Å². The molecule has 3 heteroatoms. The van der Waals surface area contributed by atoms with Gasteiger partial charge in [-0.3, -0.25) is 4.68 Å². The van der Waals surface area contributed by atoms with E-state index in [2.05, 4.69) is 37.5 Å². The quantitative estimate of drug-likeness (QED) is 0.861. The van der Waals surface area contributed by atoms with Crippen molar-refractivity contribution in [3.05, 3.63) is 17.5 Å². The third kappa shape index (κ3) is 1.90. The Morgan fingerprint density at radius 1 is 1.47 bits per heavy atom. The van der Waals surface area contributed by atoms with Gasteiger partial charge >= 0.3 is 0 Å². The molecule has 1 aromatic heterocycles. The Morgan fingerprint density at radius 2 is 2.18 bits per heavy atom. The predicted molar refractivity (Wildman–Crippen MR) is 68.8 cm³/mol. The fourth-order valence-corrected chi connectivity index (χ4v) is 3.98. The third-order valence-corrected chi connectivity index (χ3v) is 4.84. The molecule has 2 fully saturated rings. The predicted octanol–water partition coefficient (Wildman–Crippen LogP) is 1.91. The zero-order valence-electron chi connectivity index (χ0n) is 11.1. The molecule has 1 heterocycles. The number of likely N-dealkylation sites (N-methyl/N-ethyl adjacent to an activating group) is 1.